The lowest BCUT2D eigenvalue weighted by molar-refractivity contribution is 0.537. The minimum absolute atomic E-state index is 0.201. The van der Waals surface area contributed by atoms with E-state index in [2.05, 4.69) is 46.3 Å². The van der Waals surface area contributed by atoms with E-state index < -0.39 is 0 Å². The van der Waals surface area contributed by atoms with E-state index in [0.29, 0.717) is 4.67 Å². The van der Waals surface area contributed by atoms with Crippen LogP contribution in [0.1, 0.15) is 27.6 Å². The molecule has 0 saturated carbocycles. The number of rotatable bonds is 2. The van der Waals surface area contributed by atoms with Gasteiger partial charge in [0.2, 0.25) is 0 Å². The summed E-state index contributed by atoms with van der Waals surface area (Å²) in [6.07, 6.45) is 3.94. The highest BCUT2D eigenvalue weighted by atomic mass is 79.9. The lowest BCUT2D eigenvalue weighted by atomic mass is 9.96. The van der Waals surface area contributed by atoms with Crippen LogP contribution in [0.4, 0.5) is 0 Å². The average Bonchev–Trinajstić information content (AvgIpc) is 3.07. The Morgan fingerprint density at radius 1 is 1.00 bits per heavy atom. The number of aryl methyl sites for hydroxylation is 2. The summed E-state index contributed by atoms with van der Waals surface area (Å²) in [7, 11) is 0. The molecule has 1 atom stereocenters. The van der Waals surface area contributed by atoms with Crippen LogP contribution in [-0.4, -0.2) is 0 Å². The number of hydrogen-bond donors (Lipinski definition) is 0. The fourth-order valence-electron chi connectivity index (χ4n) is 3.14. The van der Waals surface area contributed by atoms with Crippen molar-refractivity contribution in [1.82, 2.24) is 0 Å². The van der Waals surface area contributed by atoms with Crippen molar-refractivity contribution in [2.45, 2.75) is 18.2 Å². The standard InChI is InChI=1S/C17H12BrClO/c18-17-14(8-9-20-17)16(19)13-7-6-11-5-4-10-2-1-3-12(13)15(10)11/h1-3,6-9,16H,4-5H2. The quantitative estimate of drug-likeness (QED) is 0.548. The summed E-state index contributed by atoms with van der Waals surface area (Å²) in [5.41, 5.74) is 5.01. The van der Waals surface area contributed by atoms with E-state index in [1.807, 2.05) is 6.07 Å². The molecular formula is C17H12BrClO. The number of hydrogen-bond acceptors (Lipinski definition) is 1. The number of furan rings is 1. The van der Waals surface area contributed by atoms with Crippen LogP contribution in [0.3, 0.4) is 0 Å². The molecule has 0 aliphatic heterocycles. The molecule has 2 aromatic carbocycles. The van der Waals surface area contributed by atoms with Crippen molar-refractivity contribution in [3.8, 4) is 0 Å². The molecule has 1 unspecified atom stereocenters. The van der Waals surface area contributed by atoms with Gasteiger partial charge in [-0.05, 0) is 62.3 Å². The molecule has 0 spiro atoms. The third kappa shape index (κ3) is 1.75. The van der Waals surface area contributed by atoms with Crippen LogP contribution in [0.25, 0.3) is 10.8 Å². The van der Waals surface area contributed by atoms with E-state index in [1.165, 1.54) is 21.9 Å². The lowest BCUT2D eigenvalue weighted by Gasteiger charge is -2.13. The molecule has 4 rings (SSSR count). The molecule has 1 aromatic heterocycles. The highest BCUT2D eigenvalue weighted by Gasteiger charge is 2.22. The van der Waals surface area contributed by atoms with Gasteiger partial charge in [0.25, 0.3) is 0 Å². The second-order valence-corrected chi connectivity index (χ2v) is 6.32. The molecule has 1 aliphatic rings. The summed E-state index contributed by atoms with van der Waals surface area (Å²) in [5.74, 6) is 0. The Labute approximate surface area is 130 Å². The zero-order valence-corrected chi connectivity index (χ0v) is 13.0. The lowest BCUT2D eigenvalue weighted by Crippen LogP contribution is -1.95. The number of benzene rings is 2. The zero-order valence-electron chi connectivity index (χ0n) is 10.7. The molecule has 0 N–H and O–H groups in total. The predicted octanol–water partition coefficient (Wildman–Crippen LogP) is 5.62. The first kappa shape index (κ1) is 12.5. The Balaban J connectivity index is 1.96. The van der Waals surface area contributed by atoms with Crippen molar-refractivity contribution in [2.75, 3.05) is 0 Å². The molecule has 3 heteroatoms. The van der Waals surface area contributed by atoms with E-state index >= 15 is 0 Å². The summed E-state index contributed by atoms with van der Waals surface area (Å²) in [6.45, 7) is 0. The summed E-state index contributed by atoms with van der Waals surface area (Å²) in [6, 6.07) is 12.8. The van der Waals surface area contributed by atoms with Crippen molar-refractivity contribution in [3.63, 3.8) is 0 Å². The molecule has 0 radical (unpaired) electrons. The Kier molecular flexibility index (Phi) is 2.90. The average molecular weight is 348 g/mol. The van der Waals surface area contributed by atoms with Crippen LogP contribution in [0.15, 0.2) is 51.7 Å². The summed E-state index contributed by atoms with van der Waals surface area (Å²) < 4.78 is 6.02. The minimum atomic E-state index is -0.201. The van der Waals surface area contributed by atoms with Crippen LogP contribution in [0, 0.1) is 0 Å². The molecule has 1 aliphatic carbocycles. The molecule has 0 saturated heterocycles. The molecule has 0 amide bonds. The summed E-state index contributed by atoms with van der Waals surface area (Å²) >= 11 is 10.1. The van der Waals surface area contributed by atoms with Crippen LogP contribution in [-0.2, 0) is 12.8 Å². The van der Waals surface area contributed by atoms with Crippen molar-refractivity contribution in [3.05, 3.63) is 69.6 Å². The second kappa shape index (κ2) is 4.64. The Hall–Kier alpha value is -1.25. The zero-order chi connectivity index (χ0) is 13.7. The SMILES string of the molecule is ClC(c1ccoc1Br)c1ccc2c3c(cccc13)CC2. The first-order chi connectivity index (χ1) is 9.75. The van der Waals surface area contributed by atoms with E-state index in [0.717, 1.165) is 24.0 Å². The van der Waals surface area contributed by atoms with Gasteiger partial charge in [-0.15, -0.1) is 11.6 Å². The molecule has 0 fully saturated rings. The van der Waals surface area contributed by atoms with Gasteiger partial charge in [-0.1, -0.05) is 30.3 Å². The first-order valence-electron chi connectivity index (χ1n) is 6.66. The molecule has 1 nitrogen and oxygen atoms in total. The van der Waals surface area contributed by atoms with Gasteiger partial charge in [-0.2, -0.15) is 0 Å². The van der Waals surface area contributed by atoms with Gasteiger partial charge in [0.05, 0.1) is 11.6 Å². The van der Waals surface area contributed by atoms with Crippen LogP contribution in [0.2, 0.25) is 0 Å². The van der Waals surface area contributed by atoms with E-state index in [-0.39, 0.29) is 5.38 Å². The van der Waals surface area contributed by atoms with Crippen LogP contribution in [0.5, 0.6) is 0 Å². The Morgan fingerprint density at radius 3 is 2.55 bits per heavy atom. The van der Waals surface area contributed by atoms with Gasteiger partial charge < -0.3 is 4.42 Å². The third-order valence-electron chi connectivity index (χ3n) is 4.10. The monoisotopic (exact) mass is 346 g/mol. The minimum Gasteiger partial charge on any atom is -0.457 e. The number of alkyl halides is 1. The fraction of sp³-hybridized carbons (Fsp3) is 0.176. The fourth-order valence-corrected chi connectivity index (χ4v) is 4.11. The summed E-state index contributed by atoms with van der Waals surface area (Å²) in [4.78, 5) is 0. The van der Waals surface area contributed by atoms with Crippen molar-refractivity contribution in [1.29, 1.82) is 0 Å². The van der Waals surface area contributed by atoms with Crippen molar-refractivity contribution in [2.24, 2.45) is 0 Å². The Bertz CT molecular complexity index is 796. The van der Waals surface area contributed by atoms with Gasteiger partial charge in [0.1, 0.15) is 0 Å². The number of halogens is 2. The Morgan fingerprint density at radius 2 is 1.80 bits per heavy atom. The van der Waals surface area contributed by atoms with Gasteiger partial charge in [-0.3, -0.25) is 0 Å². The maximum Gasteiger partial charge on any atom is 0.173 e. The predicted molar refractivity (Wildman–Crippen MR) is 85.5 cm³/mol. The maximum atomic E-state index is 6.69. The molecule has 1 heterocycles. The van der Waals surface area contributed by atoms with Crippen molar-refractivity contribution >= 4 is 38.3 Å². The second-order valence-electron chi connectivity index (χ2n) is 5.17. The van der Waals surface area contributed by atoms with Crippen molar-refractivity contribution < 1.29 is 4.42 Å². The first-order valence-corrected chi connectivity index (χ1v) is 7.89. The molecule has 100 valence electrons. The van der Waals surface area contributed by atoms with E-state index in [1.54, 1.807) is 6.26 Å². The topological polar surface area (TPSA) is 13.1 Å². The van der Waals surface area contributed by atoms with Gasteiger partial charge in [0.15, 0.2) is 4.67 Å². The molecule has 20 heavy (non-hydrogen) atoms. The van der Waals surface area contributed by atoms with E-state index in [4.69, 9.17) is 16.0 Å². The normalized spacial score (nSPS) is 14.9. The van der Waals surface area contributed by atoms with Crippen LogP contribution < -0.4 is 0 Å². The third-order valence-corrected chi connectivity index (χ3v) is 5.22. The highest BCUT2D eigenvalue weighted by molar-refractivity contribution is 9.10. The molecular weight excluding hydrogens is 336 g/mol. The van der Waals surface area contributed by atoms with Gasteiger partial charge >= 0.3 is 0 Å². The maximum absolute atomic E-state index is 6.69. The largest absolute Gasteiger partial charge is 0.457 e. The van der Waals surface area contributed by atoms with Gasteiger partial charge in [-0.25, -0.2) is 0 Å². The van der Waals surface area contributed by atoms with E-state index in [9.17, 15) is 0 Å². The highest BCUT2D eigenvalue weighted by Crippen LogP contribution is 2.41. The van der Waals surface area contributed by atoms with Crippen LogP contribution >= 0.6 is 27.5 Å². The molecule has 0 bridgehead atoms. The molecule has 3 aromatic rings. The summed E-state index contributed by atoms with van der Waals surface area (Å²) in [5, 5.41) is 2.47. The smallest absolute Gasteiger partial charge is 0.173 e. The van der Waals surface area contributed by atoms with Gasteiger partial charge in [0, 0.05) is 5.56 Å².